The predicted octanol–water partition coefficient (Wildman–Crippen LogP) is 6.43. The minimum absolute atomic E-state index is 0.0220. The van der Waals surface area contributed by atoms with Crippen LogP contribution in [-0.4, -0.2) is 278 Å². The zero-order valence-electron chi connectivity index (χ0n) is 69.5. The van der Waals surface area contributed by atoms with Gasteiger partial charge in [0.25, 0.3) is 0 Å². The molecule has 652 valence electrons. The molecule has 114 heavy (non-hydrogen) atoms. The molecule has 1 aromatic carbocycles. The number of esters is 3. The number of benzene rings is 1. The lowest BCUT2D eigenvalue weighted by Gasteiger charge is -2.44. The van der Waals surface area contributed by atoms with E-state index in [9.17, 15) is 47.9 Å². The van der Waals surface area contributed by atoms with Crippen LogP contribution in [0.1, 0.15) is 166 Å². The van der Waals surface area contributed by atoms with Crippen LogP contribution in [0.5, 0.6) is 0 Å². The van der Waals surface area contributed by atoms with Crippen LogP contribution < -0.4 is 21.3 Å². The summed E-state index contributed by atoms with van der Waals surface area (Å²) >= 11 is 0. The molecule has 15 atom stereocenters. The van der Waals surface area contributed by atoms with E-state index in [0.29, 0.717) is 19.3 Å². The highest BCUT2D eigenvalue weighted by atomic mass is 16.7. The Balaban J connectivity index is 1.23. The summed E-state index contributed by atoms with van der Waals surface area (Å²) in [5, 5.41) is 11.8. The molecule has 3 saturated heterocycles. The highest BCUT2D eigenvalue weighted by molar-refractivity contribution is 5.81. The largest absolute Gasteiger partial charge is 0.463 e. The van der Waals surface area contributed by atoms with Crippen LogP contribution in [0.25, 0.3) is 0 Å². The van der Waals surface area contributed by atoms with Gasteiger partial charge in [-0.15, -0.1) is 0 Å². The van der Waals surface area contributed by atoms with Gasteiger partial charge in [0.1, 0.15) is 43.8 Å². The van der Waals surface area contributed by atoms with Crippen LogP contribution in [0.2, 0.25) is 0 Å². The summed E-state index contributed by atoms with van der Waals surface area (Å²) in [5.74, 6) is -2.32. The number of nitrogens with one attached hydrogen (secondary N) is 4. The molecule has 0 aromatic heterocycles. The molecule has 1 aromatic rings. The molecular formula is C81H134N4O29. The molecule has 0 saturated carbocycles. The molecular weight excluding hydrogens is 1490 g/mol. The number of carbonyl (C=O) groups excluding carboxylic acids is 10. The Morgan fingerprint density at radius 1 is 0.333 bits per heavy atom. The molecule has 4 rings (SSSR count). The summed E-state index contributed by atoms with van der Waals surface area (Å²) < 4.78 is 109. The van der Waals surface area contributed by atoms with Crippen LogP contribution in [0.4, 0.5) is 4.79 Å². The number of hydrogen-bond acceptors (Lipinski definition) is 29. The van der Waals surface area contributed by atoms with Crippen molar-refractivity contribution in [3.8, 4) is 0 Å². The fraction of sp³-hybridized carbons (Fsp3) is 0.802. The van der Waals surface area contributed by atoms with Gasteiger partial charge in [-0.25, -0.2) is 4.79 Å². The quantitative estimate of drug-likeness (QED) is 0.0310. The molecule has 3 aliphatic heterocycles. The molecule has 0 radical (unpaired) electrons. The van der Waals surface area contributed by atoms with E-state index in [0.717, 1.165) is 5.56 Å². The number of alkyl carbamates (subject to hydrolysis) is 1. The van der Waals surface area contributed by atoms with Gasteiger partial charge < -0.3 is 111 Å². The standard InChI is InChI=1S/C81H134N4O29/c1-55-58(4)74(82-61(7)86)77(112-71(55)52-108-64(10)89)105-48-45-102-42-39-99-36-33-96-30-16-21-68(92)24-27-81(85-80(95)111-51-67-19-14-13-15-20-67,28-25-69(93)22-17-31-97-34-37-100-40-43-103-46-49-106-78-75(83-62(8)87)59(5)56(2)72(113-78)53-109-65(11)90)29-26-70(94)23-18-32-98-35-38-101-41-44-104-47-50-107-79-76(84-63(9)88)60(6)57(3)73(114-79)54-110-66(12)91/h13-15,19-20,55-60,71-79H,16-18,21-54H2,1-12H3,(H,82,86)(H,83,87)(H,84,88)(H,85,95). The number of Topliss-reactive ketones (excluding diaryl/α,β-unsaturated/α-hetero) is 3. The topological polar surface area (TPSA) is 394 Å². The van der Waals surface area contributed by atoms with Crippen LogP contribution >= 0.6 is 0 Å². The Morgan fingerprint density at radius 2 is 0.596 bits per heavy atom. The van der Waals surface area contributed by atoms with Gasteiger partial charge in [0, 0.05) is 105 Å². The highest BCUT2D eigenvalue weighted by Gasteiger charge is 2.46. The van der Waals surface area contributed by atoms with Crippen molar-refractivity contribution in [1.29, 1.82) is 0 Å². The minimum atomic E-state index is -1.19. The Kier molecular flexibility index (Phi) is 51.4. The van der Waals surface area contributed by atoms with Gasteiger partial charge >= 0.3 is 24.0 Å². The molecule has 3 aliphatic rings. The van der Waals surface area contributed by atoms with Crippen molar-refractivity contribution in [2.24, 2.45) is 35.5 Å². The summed E-state index contributed by atoms with van der Waals surface area (Å²) in [5.41, 5.74) is -0.437. The monoisotopic (exact) mass is 1630 g/mol. The first-order valence-electron chi connectivity index (χ1n) is 40.4. The third kappa shape index (κ3) is 42.7. The summed E-state index contributed by atoms with van der Waals surface area (Å²) in [4.78, 5) is 126. The lowest BCUT2D eigenvalue weighted by atomic mass is 9.81. The van der Waals surface area contributed by atoms with E-state index in [-0.39, 0.29) is 294 Å². The number of ketones is 3. The molecule has 3 fully saturated rings. The van der Waals surface area contributed by atoms with Crippen LogP contribution in [0.3, 0.4) is 0 Å². The first kappa shape index (κ1) is 100. The molecule has 0 spiro atoms. The van der Waals surface area contributed by atoms with E-state index in [4.69, 9.17) is 90.0 Å². The van der Waals surface area contributed by atoms with Gasteiger partial charge in [-0.3, -0.25) is 43.2 Å². The van der Waals surface area contributed by atoms with E-state index in [1.807, 2.05) is 71.9 Å². The van der Waals surface area contributed by atoms with E-state index < -0.39 is 84.8 Å². The third-order valence-electron chi connectivity index (χ3n) is 20.4. The average Bonchev–Trinajstić information content (AvgIpc) is 0.863. The first-order chi connectivity index (χ1) is 54.7. The van der Waals surface area contributed by atoms with Crippen molar-refractivity contribution in [2.45, 2.75) is 228 Å². The number of rotatable bonds is 63. The molecule has 0 bridgehead atoms. The Bertz CT molecular complexity index is 2660. The zero-order valence-corrected chi connectivity index (χ0v) is 69.5. The maximum Gasteiger partial charge on any atom is 0.407 e. The molecule has 0 aliphatic carbocycles. The van der Waals surface area contributed by atoms with Crippen molar-refractivity contribution in [2.75, 3.05) is 159 Å². The highest BCUT2D eigenvalue weighted by Crippen LogP contribution is 2.35. The average molecular weight is 1630 g/mol. The maximum absolute atomic E-state index is 13.8. The number of carbonyl (C=O) groups is 10. The Labute approximate surface area is 673 Å². The Morgan fingerprint density at radius 3 is 0.860 bits per heavy atom. The van der Waals surface area contributed by atoms with Gasteiger partial charge in [0.05, 0.1) is 155 Å². The molecule has 33 heteroatoms. The normalized spacial score (nSPS) is 24.0. The summed E-state index contributed by atoms with van der Waals surface area (Å²) in [6, 6.07) is 7.90. The molecule has 33 nitrogen and oxygen atoms in total. The lowest BCUT2D eigenvalue weighted by Crippen LogP contribution is -2.58. The SMILES string of the molecule is CC(=O)NC1C(OCCOCCOCCOCCCC(=O)CCC(CCC(=O)CCCOCCOCCOCCOC2OC(COC(C)=O)C(C)C(C)C2NC(C)=O)(CCC(=O)CCCOCCOCCOCCOC2OC(COC(C)=O)C(C)C(C)C2NC(C)=O)NC(=O)OCc2ccccc2)OC(COC(C)=O)C(C)C1C. The van der Waals surface area contributed by atoms with E-state index in [2.05, 4.69) is 21.3 Å². The van der Waals surface area contributed by atoms with Crippen molar-refractivity contribution < 1.29 is 138 Å². The summed E-state index contributed by atoms with van der Waals surface area (Å²) in [6.07, 6.45) is -2.01. The first-order valence-corrected chi connectivity index (χ1v) is 40.4. The van der Waals surface area contributed by atoms with Crippen molar-refractivity contribution in [3.05, 3.63) is 35.9 Å². The lowest BCUT2D eigenvalue weighted by molar-refractivity contribution is -0.247. The van der Waals surface area contributed by atoms with Crippen molar-refractivity contribution >= 4 is 59.1 Å². The van der Waals surface area contributed by atoms with Gasteiger partial charge in [0.15, 0.2) is 18.9 Å². The van der Waals surface area contributed by atoms with Crippen LogP contribution in [0.15, 0.2) is 30.3 Å². The van der Waals surface area contributed by atoms with Crippen molar-refractivity contribution in [1.82, 2.24) is 21.3 Å². The van der Waals surface area contributed by atoms with Gasteiger partial charge in [-0.05, 0) is 79.6 Å². The third-order valence-corrected chi connectivity index (χ3v) is 20.4. The van der Waals surface area contributed by atoms with E-state index >= 15 is 0 Å². The molecule has 3 heterocycles. The maximum atomic E-state index is 13.8. The second-order valence-corrected chi connectivity index (χ2v) is 29.4. The van der Waals surface area contributed by atoms with Crippen LogP contribution in [-0.2, 0) is 140 Å². The van der Waals surface area contributed by atoms with Crippen molar-refractivity contribution in [3.63, 3.8) is 0 Å². The number of ether oxygens (including phenoxy) is 19. The zero-order chi connectivity index (χ0) is 83.5. The van der Waals surface area contributed by atoms with Gasteiger partial charge in [-0.1, -0.05) is 71.9 Å². The smallest absolute Gasteiger partial charge is 0.407 e. The minimum Gasteiger partial charge on any atom is -0.463 e. The van der Waals surface area contributed by atoms with E-state index in [1.54, 1.807) is 0 Å². The fourth-order valence-corrected chi connectivity index (χ4v) is 13.2. The van der Waals surface area contributed by atoms with Crippen LogP contribution in [0, 0.1) is 35.5 Å². The predicted molar refractivity (Wildman–Crippen MR) is 412 cm³/mol. The number of amides is 4. The summed E-state index contributed by atoms with van der Waals surface area (Å²) in [7, 11) is 0. The molecule has 15 unspecified atom stereocenters. The molecule has 4 amide bonds. The fourth-order valence-electron chi connectivity index (χ4n) is 13.2. The Hall–Kier alpha value is -6.28. The van der Waals surface area contributed by atoms with Gasteiger partial charge in [-0.2, -0.15) is 0 Å². The number of hydrogen-bond donors (Lipinski definition) is 4. The second kappa shape index (κ2) is 58.6. The summed E-state index contributed by atoms with van der Waals surface area (Å²) in [6.45, 7) is 25.8. The second-order valence-electron chi connectivity index (χ2n) is 29.4. The van der Waals surface area contributed by atoms with Gasteiger partial charge in [0.2, 0.25) is 17.7 Å². The molecule has 4 N–H and O–H groups in total. The van der Waals surface area contributed by atoms with E-state index in [1.165, 1.54) is 41.5 Å².